The highest BCUT2D eigenvalue weighted by Crippen LogP contribution is 2.35. The van der Waals surface area contributed by atoms with Gasteiger partial charge in [0.2, 0.25) is 0 Å². The van der Waals surface area contributed by atoms with Crippen LogP contribution in [0.3, 0.4) is 0 Å². The Morgan fingerprint density at radius 3 is 2.76 bits per heavy atom. The van der Waals surface area contributed by atoms with E-state index in [0.717, 1.165) is 0 Å². The van der Waals surface area contributed by atoms with Crippen LogP contribution in [0.2, 0.25) is 0 Å². The summed E-state index contributed by atoms with van der Waals surface area (Å²) in [6.07, 6.45) is 0. The minimum atomic E-state index is -0.619. The van der Waals surface area contributed by atoms with Gasteiger partial charge in [-0.25, -0.2) is 0 Å². The van der Waals surface area contributed by atoms with Crippen molar-refractivity contribution in [2.45, 2.75) is 13.5 Å². The zero-order chi connectivity index (χ0) is 12.6. The van der Waals surface area contributed by atoms with Crippen LogP contribution in [0.1, 0.15) is 21.7 Å². The summed E-state index contributed by atoms with van der Waals surface area (Å²) in [4.78, 5) is 11.2. The average molecular weight is 235 g/mol. The van der Waals surface area contributed by atoms with Crippen LogP contribution in [-0.4, -0.2) is 18.1 Å². The van der Waals surface area contributed by atoms with Gasteiger partial charge in [-0.15, -0.1) is 0 Å². The lowest BCUT2D eigenvalue weighted by Crippen LogP contribution is -2.10. The van der Waals surface area contributed by atoms with Gasteiger partial charge in [0.25, 0.3) is 5.91 Å². The van der Waals surface area contributed by atoms with E-state index in [1.807, 2.05) is 0 Å². The fourth-order valence-electron chi connectivity index (χ4n) is 1.94. The summed E-state index contributed by atoms with van der Waals surface area (Å²) < 4.78 is 10.6. The topological polar surface area (TPSA) is 85.7 Å². The Kier molecular flexibility index (Phi) is 2.77. The first-order chi connectivity index (χ1) is 8.10. The van der Waals surface area contributed by atoms with Gasteiger partial charge in [-0.1, -0.05) is 0 Å². The largest absolute Gasteiger partial charge is 0.496 e. The van der Waals surface area contributed by atoms with E-state index in [0.29, 0.717) is 27.8 Å². The van der Waals surface area contributed by atoms with Gasteiger partial charge < -0.3 is 20.0 Å². The number of methoxy groups -OCH3 is 1. The van der Waals surface area contributed by atoms with E-state index >= 15 is 0 Å². The summed E-state index contributed by atoms with van der Waals surface area (Å²) in [5.41, 5.74) is 7.00. The van der Waals surface area contributed by atoms with Crippen LogP contribution in [0.25, 0.3) is 11.0 Å². The molecule has 1 heterocycles. The van der Waals surface area contributed by atoms with E-state index in [2.05, 4.69) is 0 Å². The van der Waals surface area contributed by atoms with Crippen LogP contribution in [0, 0.1) is 6.92 Å². The molecule has 0 aliphatic carbocycles. The van der Waals surface area contributed by atoms with Crippen molar-refractivity contribution in [3.63, 3.8) is 0 Å². The molecule has 17 heavy (non-hydrogen) atoms. The molecule has 0 fully saturated rings. The van der Waals surface area contributed by atoms with Gasteiger partial charge in [-0.2, -0.15) is 0 Å². The van der Waals surface area contributed by atoms with Crippen LogP contribution < -0.4 is 10.5 Å². The third-order valence-corrected chi connectivity index (χ3v) is 2.73. The molecular formula is C12H13NO4. The molecule has 0 aliphatic rings. The lowest BCUT2D eigenvalue weighted by molar-refractivity contribution is 0.0975. The molecule has 0 bridgehead atoms. The number of amides is 1. The van der Waals surface area contributed by atoms with Crippen molar-refractivity contribution >= 4 is 16.9 Å². The smallest absolute Gasteiger partial charge is 0.284 e. The Bertz CT molecular complexity index is 586. The van der Waals surface area contributed by atoms with Crippen LogP contribution in [0.5, 0.6) is 5.75 Å². The van der Waals surface area contributed by atoms with E-state index in [9.17, 15) is 9.90 Å². The van der Waals surface area contributed by atoms with Gasteiger partial charge in [0.05, 0.1) is 19.1 Å². The molecule has 0 radical (unpaired) electrons. The molecular weight excluding hydrogens is 222 g/mol. The predicted molar refractivity (Wildman–Crippen MR) is 61.9 cm³/mol. The maximum absolute atomic E-state index is 11.2. The second-order valence-electron chi connectivity index (χ2n) is 3.71. The van der Waals surface area contributed by atoms with E-state index in [1.165, 1.54) is 7.11 Å². The molecule has 90 valence electrons. The second-order valence-corrected chi connectivity index (χ2v) is 3.71. The van der Waals surface area contributed by atoms with E-state index in [4.69, 9.17) is 14.9 Å². The van der Waals surface area contributed by atoms with Gasteiger partial charge in [-0.05, 0) is 19.1 Å². The number of aliphatic hydroxyl groups is 1. The van der Waals surface area contributed by atoms with Crippen molar-refractivity contribution in [3.05, 3.63) is 29.0 Å². The Morgan fingerprint density at radius 2 is 2.24 bits per heavy atom. The van der Waals surface area contributed by atoms with Crippen molar-refractivity contribution in [3.8, 4) is 5.75 Å². The molecule has 2 rings (SSSR count). The molecule has 0 aliphatic heterocycles. The number of hydrogen-bond acceptors (Lipinski definition) is 4. The van der Waals surface area contributed by atoms with E-state index < -0.39 is 5.91 Å². The predicted octanol–water partition coefficient (Wildman–Crippen LogP) is 1.34. The molecule has 5 nitrogen and oxygen atoms in total. The zero-order valence-corrected chi connectivity index (χ0v) is 9.61. The maximum Gasteiger partial charge on any atom is 0.284 e. The third-order valence-electron chi connectivity index (χ3n) is 2.73. The summed E-state index contributed by atoms with van der Waals surface area (Å²) in [5, 5.41) is 9.89. The Hall–Kier alpha value is -2.01. The first kappa shape index (κ1) is 11.5. The zero-order valence-electron chi connectivity index (χ0n) is 9.61. The number of hydrogen-bond donors (Lipinski definition) is 2. The first-order valence-corrected chi connectivity index (χ1v) is 5.09. The molecule has 0 saturated carbocycles. The molecule has 0 spiro atoms. The normalized spacial score (nSPS) is 10.8. The average Bonchev–Trinajstić information content (AvgIpc) is 2.66. The fraction of sp³-hybridized carbons (Fsp3) is 0.250. The number of carbonyl (C=O) groups excluding carboxylic acids is 1. The second kappa shape index (κ2) is 4.10. The number of aryl methyl sites for hydroxylation is 1. The lowest BCUT2D eigenvalue weighted by Gasteiger charge is -2.07. The molecule has 1 aromatic carbocycles. The van der Waals surface area contributed by atoms with Gasteiger partial charge in [0, 0.05) is 11.1 Å². The SMILES string of the molecule is COc1c(CO)ccc2oc(C(N)=O)c(C)c12. The number of benzene rings is 1. The number of aliphatic hydroxyl groups excluding tert-OH is 1. The Labute approximate surface area is 97.8 Å². The van der Waals surface area contributed by atoms with Crippen molar-refractivity contribution in [1.29, 1.82) is 0 Å². The third kappa shape index (κ3) is 1.64. The number of ether oxygens (including phenoxy) is 1. The first-order valence-electron chi connectivity index (χ1n) is 5.09. The molecule has 2 aromatic rings. The number of rotatable bonds is 3. The Morgan fingerprint density at radius 1 is 1.53 bits per heavy atom. The summed E-state index contributed by atoms with van der Waals surface area (Å²) in [7, 11) is 1.50. The molecule has 3 N–H and O–H groups in total. The fourth-order valence-corrected chi connectivity index (χ4v) is 1.94. The van der Waals surface area contributed by atoms with Crippen LogP contribution in [0.15, 0.2) is 16.5 Å². The standard InChI is InChI=1S/C12H13NO4/c1-6-9-8(17-10(6)12(13)15)4-3-7(5-14)11(9)16-2/h3-4,14H,5H2,1-2H3,(H2,13,15). The minimum absolute atomic E-state index is 0.119. The molecule has 0 unspecified atom stereocenters. The van der Waals surface area contributed by atoms with Crippen molar-refractivity contribution in [1.82, 2.24) is 0 Å². The monoisotopic (exact) mass is 235 g/mol. The maximum atomic E-state index is 11.2. The van der Waals surface area contributed by atoms with Gasteiger partial charge in [0.15, 0.2) is 5.76 Å². The van der Waals surface area contributed by atoms with Gasteiger partial charge in [0.1, 0.15) is 11.3 Å². The number of nitrogens with two attached hydrogens (primary N) is 1. The summed E-state index contributed by atoms with van der Waals surface area (Å²) in [6, 6.07) is 3.37. The van der Waals surface area contributed by atoms with Crippen LogP contribution in [0.4, 0.5) is 0 Å². The molecule has 0 saturated heterocycles. The Balaban J connectivity index is 2.84. The summed E-state index contributed by atoms with van der Waals surface area (Å²) in [6.45, 7) is 1.59. The van der Waals surface area contributed by atoms with Crippen molar-refractivity contribution < 1.29 is 19.1 Å². The number of fused-ring (bicyclic) bond motifs is 1. The summed E-state index contributed by atoms with van der Waals surface area (Å²) in [5.74, 6) is 0.0124. The molecule has 1 aromatic heterocycles. The summed E-state index contributed by atoms with van der Waals surface area (Å²) >= 11 is 0. The highest BCUT2D eigenvalue weighted by Gasteiger charge is 2.19. The van der Waals surface area contributed by atoms with E-state index in [-0.39, 0.29) is 12.4 Å². The van der Waals surface area contributed by atoms with E-state index in [1.54, 1.807) is 19.1 Å². The van der Waals surface area contributed by atoms with Crippen LogP contribution in [-0.2, 0) is 6.61 Å². The molecule has 1 amide bonds. The van der Waals surface area contributed by atoms with Gasteiger partial charge >= 0.3 is 0 Å². The molecule has 0 atom stereocenters. The number of primary amides is 1. The number of carbonyl (C=O) groups is 1. The van der Waals surface area contributed by atoms with Crippen LogP contribution >= 0.6 is 0 Å². The van der Waals surface area contributed by atoms with Crippen molar-refractivity contribution in [2.75, 3.05) is 7.11 Å². The quantitative estimate of drug-likeness (QED) is 0.840. The highest BCUT2D eigenvalue weighted by molar-refractivity contribution is 6.00. The molecule has 5 heteroatoms. The number of furan rings is 1. The lowest BCUT2D eigenvalue weighted by atomic mass is 10.1. The van der Waals surface area contributed by atoms with Crippen molar-refractivity contribution in [2.24, 2.45) is 5.73 Å². The minimum Gasteiger partial charge on any atom is -0.496 e. The highest BCUT2D eigenvalue weighted by atomic mass is 16.5. The van der Waals surface area contributed by atoms with Gasteiger partial charge in [-0.3, -0.25) is 4.79 Å².